The first-order valence-electron chi connectivity index (χ1n) is 9.95. The molecule has 0 saturated carbocycles. The van der Waals surface area contributed by atoms with E-state index in [0.29, 0.717) is 11.6 Å². The normalized spacial score (nSPS) is 15.9. The lowest BCUT2D eigenvalue weighted by atomic mass is 9.98. The molecule has 0 spiro atoms. The van der Waals surface area contributed by atoms with Crippen molar-refractivity contribution in [2.24, 2.45) is 5.92 Å². The van der Waals surface area contributed by atoms with E-state index in [1.807, 2.05) is 0 Å². The molecular formula is C21H22F3NO7S. The number of furan rings is 1. The number of carbonyl (C=O) groups excluding carboxylic acids is 2. The summed E-state index contributed by atoms with van der Waals surface area (Å²) in [5.41, 5.74) is -0.522. The highest BCUT2D eigenvalue weighted by molar-refractivity contribution is 7.89. The zero-order valence-electron chi connectivity index (χ0n) is 17.8. The van der Waals surface area contributed by atoms with Crippen LogP contribution in [0.5, 0.6) is 0 Å². The summed E-state index contributed by atoms with van der Waals surface area (Å²) < 4.78 is 80.5. The zero-order valence-corrected chi connectivity index (χ0v) is 18.7. The summed E-state index contributed by atoms with van der Waals surface area (Å²) in [7, 11) is -2.93. The molecule has 0 N–H and O–H groups in total. The smallest absolute Gasteiger partial charge is 0.416 e. The first kappa shape index (κ1) is 24.8. The molecule has 1 aromatic heterocycles. The van der Waals surface area contributed by atoms with Gasteiger partial charge in [0.05, 0.1) is 23.5 Å². The standard InChI is InChI=1S/C21H22F3NO7S/c1-13-10-16(32-18(13)20(27)30-2)12-31-19(26)14-6-8-25(9-7-14)33(28,29)17-5-3-4-15(11-17)21(22,23)24/h3-5,10-11,14H,6-9,12H2,1-2H3. The third kappa shape index (κ3) is 5.56. The lowest BCUT2D eigenvalue weighted by Crippen LogP contribution is -2.40. The molecule has 0 aliphatic carbocycles. The molecule has 1 fully saturated rings. The number of halogens is 3. The number of carbonyl (C=O) groups is 2. The van der Waals surface area contributed by atoms with Crippen molar-refractivity contribution >= 4 is 22.0 Å². The van der Waals surface area contributed by atoms with Crippen molar-refractivity contribution in [2.75, 3.05) is 20.2 Å². The maximum atomic E-state index is 12.9. The second kappa shape index (κ2) is 9.56. The van der Waals surface area contributed by atoms with E-state index in [9.17, 15) is 31.2 Å². The number of benzene rings is 1. The van der Waals surface area contributed by atoms with Crippen LogP contribution < -0.4 is 0 Å². The van der Waals surface area contributed by atoms with E-state index < -0.39 is 44.5 Å². The molecule has 0 atom stereocenters. The van der Waals surface area contributed by atoms with Gasteiger partial charge in [-0.3, -0.25) is 4.79 Å². The number of esters is 2. The summed E-state index contributed by atoms with van der Waals surface area (Å²) in [5, 5.41) is 0. The molecule has 1 aromatic carbocycles. The van der Waals surface area contributed by atoms with Crippen LogP contribution in [0.3, 0.4) is 0 Å². The van der Waals surface area contributed by atoms with E-state index in [-0.39, 0.29) is 44.1 Å². The Bertz CT molecular complexity index is 1130. The molecule has 1 aliphatic heterocycles. The number of ether oxygens (including phenoxy) is 2. The minimum Gasteiger partial charge on any atom is -0.463 e. The number of rotatable bonds is 6. The molecule has 3 rings (SSSR count). The highest BCUT2D eigenvalue weighted by Gasteiger charge is 2.35. The number of nitrogens with zero attached hydrogens (tertiary/aromatic N) is 1. The number of hydrogen-bond donors (Lipinski definition) is 0. The average molecular weight is 489 g/mol. The summed E-state index contributed by atoms with van der Waals surface area (Å²) in [6, 6.07) is 5.10. The first-order valence-corrected chi connectivity index (χ1v) is 11.4. The maximum Gasteiger partial charge on any atom is 0.416 e. The summed E-state index contributed by atoms with van der Waals surface area (Å²) in [4.78, 5) is 23.5. The van der Waals surface area contributed by atoms with Crippen LogP contribution in [0, 0.1) is 12.8 Å². The Morgan fingerprint density at radius 3 is 2.45 bits per heavy atom. The van der Waals surface area contributed by atoms with Crippen molar-refractivity contribution in [2.45, 2.75) is 37.4 Å². The van der Waals surface area contributed by atoms with Crippen molar-refractivity contribution < 1.29 is 45.1 Å². The molecule has 33 heavy (non-hydrogen) atoms. The van der Waals surface area contributed by atoms with Crippen LogP contribution in [0.15, 0.2) is 39.6 Å². The van der Waals surface area contributed by atoms with E-state index in [4.69, 9.17) is 9.15 Å². The van der Waals surface area contributed by atoms with Gasteiger partial charge in [-0.1, -0.05) is 6.07 Å². The van der Waals surface area contributed by atoms with Crippen LogP contribution in [0.4, 0.5) is 13.2 Å². The van der Waals surface area contributed by atoms with Crippen molar-refractivity contribution in [1.82, 2.24) is 4.31 Å². The molecule has 0 radical (unpaired) electrons. The summed E-state index contributed by atoms with van der Waals surface area (Å²) >= 11 is 0. The Morgan fingerprint density at radius 2 is 1.85 bits per heavy atom. The number of aryl methyl sites for hydroxylation is 1. The second-order valence-corrected chi connectivity index (χ2v) is 9.47. The third-order valence-corrected chi connectivity index (χ3v) is 7.18. The lowest BCUT2D eigenvalue weighted by molar-refractivity contribution is -0.151. The first-order chi connectivity index (χ1) is 15.4. The van der Waals surface area contributed by atoms with Crippen LogP contribution in [-0.4, -0.2) is 44.9 Å². The summed E-state index contributed by atoms with van der Waals surface area (Å²) in [6.45, 7) is 1.36. The maximum absolute atomic E-state index is 12.9. The molecule has 0 bridgehead atoms. The number of alkyl halides is 3. The van der Waals surface area contributed by atoms with E-state index in [0.717, 1.165) is 22.5 Å². The van der Waals surface area contributed by atoms with Gasteiger partial charge < -0.3 is 13.9 Å². The second-order valence-electron chi connectivity index (χ2n) is 7.53. The van der Waals surface area contributed by atoms with Gasteiger partial charge in [-0.25, -0.2) is 13.2 Å². The van der Waals surface area contributed by atoms with Gasteiger partial charge >= 0.3 is 18.1 Å². The summed E-state index contributed by atoms with van der Waals surface area (Å²) in [6.07, 6.45) is -4.35. The molecule has 0 amide bonds. The molecule has 1 aliphatic rings. The number of methoxy groups -OCH3 is 1. The highest BCUT2D eigenvalue weighted by atomic mass is 32.2. The van der Waals surface area contributed by atoms with E-state index in [2.05, 4.69) is 4.74 Å². The zero-order chi connectivity index (χ0) is 24.4. The monoisotopic (exact) mass is 489 g/mol. The fourth-order valence-electron chi connectivity index (χ4n) is 3.49. The SMILES string of the molecule is COC(=O)c1oc(COC(=O)C2CCN(S(=O)(=O)c3cccc(C(F)(F)F)c3)CC2)cc1C. The average Bonchev–Trinajstić information content (AvgIpc) is 3.17. The summed E-state index contributed by atoms with van der Waals surface area (Å²) in [5.74, 6) is -1.52. The van der Waals surface area contributed by atoms with Gasteiger partial charge in [0.1, 0.15) is 12.4 Å². The third-order valence-electron chi connectivity index (χ3n) is 5.28. The Hall–Kier alpha value is -2.86. The van der Waals surface area contributed by atoms with Gasteiger partial charge in [0.25, 0.3) is 0 Å². The molecule has 2 aromatic rings. The van der Waals surface area contributed by atoms with E-state index >= 15 is 0 Å². The quantitative estimate of drug-likeness (QED) is 0.572. The van der Waals surface area contributed by atoms with Crippen LogP contribution in [0.25, 0.3) is 0 Å². The molecular weight excluding hydrogens is 467 g/mol. The van der Waals surface area contributed by atoms with Crippen LogP contribution >= 0.6 is 0 Å². The molecule has 8 nitrogen and oxygen atoms in total. The largest absolute Gasteiger partial charge is 0.463 e. The minimum atomic E-state index is -4.66. The highest BCUT2D eigenvalue weighted by Crippen LogP contribution is 2.32. The Labute approximate surface area is 188 Å². The Kier molecular flexibility index (Phi) is 7.17. The molecule has 180 valence electrons. The lowest BCUT2D eigenvalue weighted by Gasteiger charge is -2.30. The van der Waals surface area contributed by atoms with Crippen molar-refractivity contribution in [3.8, 4) is 0 Å². The number of hydrogen-bond acceptors (Lipinski definition) is 7. The Balaban J connectivity index is 1.58. The van der Waals surface area contributed by atoms with Gasteiger partial charge in [-0.2, -0.15) is 17.5 Å². The molecule has 0 unspecified atom stereocenters. The fourth-order valence-corrected chi connectivity index (χ4v) is 5.00. The minimum absolute atomic E-state index is 0.0108. The van der Waals surface area contributed by atoms with Crippen molar-refractivity contribution in [3.05, 3.63) is 53.0 Å². The molecule has 2 heterocycles. The van der Waals surface area contributed by atoms with Gasteiger partial charge in [0.2, 0.25) is 15.8 Å². The number of piperidine rings is 1. The fraction of sp³-hybridized carbons (Fsp3) is 0.429. The van der Waals surface area contributed by atoms with Crippen LogP contribution in [0.1, 0.15) is 40.3 Å². The topological polar surface area (TPSA) is 103 Å². The predicted octanol–water partition coefficient (Wildman–Crippen LogP) is 3.54. The van der Waals surface area contributed by atoms with Crippen molar-refractivity contribution in [3.63, 3.8) is 0 Å². The van der Waals surface area contributed by atoms with Crippen LogP contribution in [0.2, 0.25) is 0 Å². The Morgan fingerprint density at radius 1 is 1.18 bits per heavy atom. The van der Waals surface area contributed by atoms with Gasteiger partial charge in [-0.05, 0) is 44.0 Å². The predicted molar refractivity (Wildman–Crippen MR) is 108 cm³/mol. The van der Waals surface area contributed by atoms with Crippen molar-refractivity contribution in [1.29, 1.82) is 0 Å². The van der Waals surface area contributed by atoms with Gasteiger partial charge in [-0.15, -0.1) is 0 Å². The van der Waals surface area contributed by atoms with Gasteiger partial charge in [0, 0.05) is 18.7 Å². The van der Waals surface area contributed by atoms with Gasteiger partial charge in [0.15, 0.2) is 0 Å². The molecule has 12 heteroatoms. The van der Waals surface area contributed by atoms with E-state index in [1.54, 1.807) is 13.0 Å². The van der Waals surface area contributed by atoms with E-state index in [1.165, 1.54) is 7.11 Å². The molecule has 1 saturated heterocycles. The number of sulfonamides is 1. The van der Waals surface area contributed by atoms with Crippen LogP contribution in [-0.2, 0) is 37.1 Å².